The van der Waals surface area contributed by atoms with Crippen LogP contribution < -0.4 is 0 Å². The Hall–Kier alpha value is -0.430. The molecule has 0 N–H and O–H groups in total. The van der Waals surface area contributed by atoms with Gasteiger partial charge in [-0.25, -0.2) is 8.42 Å². The maximum absolute atomic E-state index is 9.22. The average Bonchev–Trinajstić information content (AvgIpc) is 2.26. The van der Waals surface area contributed by atoms with Crippen molar-refractivity contribution in [3.05, 3.63) is 12.7 Å². The number of quaternary nitrogens is 1. The van der Waals surface area contributed by atoms with E-state index in [4.69, 9.17) is 0 Å². The van der Waals surface area contributed by atoms with E-state index in [9.17, 15) is 13.0 Å². The molecule has 0 aromatic rings. The van der Waals surface area contributed by atoms with E-state index in [1.165, 1.54) is 24.1 Å². The van der Waals surface area contributed by atoms with E-state index in [-0.39, 0.29) is 0 Å². The minimum absolute atomic E-state index is 0.808. The topological polar surface area (TPSA) is 66.4 Å². The summed E-state index contributed by atoms with van der Waals surface area (Å²) in [6.45, 7) is 15.3. The van der Waals surface area contributed by atoms with Gasteiger partial charge in [-0.2, -0.15) is 0 Å². The molecule has 0 heterocycles. The van der Waals surface area contributed by atoms with Gasteiger partial charge in [0, 0.05) is 0 Å². The molecule has 98 valence electrons. The molecule has 0 rings (SSSR count). The van der Waals surface area contributed by atoms with E-state index in [1.807, 2.05) is 6.08 Å². The second-order valence-electron chi connectivity index (χ2n) is 3.34. The number of nitrogens with zero attached hydrogens (tertiary/aromatic N) is 1. The van der Waals surface area contributed by atoms with Crippen molar-refractivity contribution < 1.29 is 21.6 Å². The third-order valence-electron chi connectivity index (χ3n) is 2.73. The number of rotatable bonds is 6. The molecule has 0 aliphatic rings. The summed E-state index contributed by atoms with van der Waals surface area (Å²) in [5, 5.41) is 0. The maximum Gasteiger partial charge on any atom is 0.217 e. The Kier molecular flexibility index (Phi) is 9.75. The van der Waals surface area contributed by atoms with Crippen molar-refractivity contribution in [3.8, 4) is 0 Å². The molecule has 0 amide bonds. The van der Waals surface area contributed by atoms with Gasteiger partial charge in [-0.1, -0.05) is 6.58 Å². The fraction of sp³-hybridized carbons (Fsp3) is 0.800. The minimum Gasteiger partial charge on any atom is -0.726 e. The van der Waals surface area contributed by atoms with E-state index in [0.29, 0.717) is 0 Å². The molecule has 0 aromatic heterocycles. The Morgan fingerprint density at radius 3 is 1.62 bits per heavy atom. The molecular formula is C10H23NO4S. The van der Waals surface area contributed by atoms with Crippen molar-refractivity contribution in [2.45, 2.75) is 20.8 Å². The van der Waals surface area contributed by atoms with Crippen LogP contribution in [0, 0.1) is 0 Å². The van der Waals surface area contributed by atoms with Crippen molar-refractivity contribution in [2.24, 2.45) is 0 Å². The van der Waals surface area contributed by atoms with E-state index in [1.54, 1.807) is 0 Å². The predicted octanol–water partition coefficient (Wildman–Crippen LogP) is 1.14. The van der Waals surface area contributed by atoms with Crippen LogP contribution in [0.5, 0.6) is 0 Å². The second-order valence-corrected chi connectivity index (χ2v) is 4.49. The van der Waals surface area contributed by atoms with Crippen LogP contribution in [0.25, 0.3) is 0 Å². The number of hydrogen-bond acceptors (Lipinski definition) is 4. The molecule has 0 fully saturated rings. The summed E-state index contributed by atoms with van der Waals surface area (Å²) >= 11 is 0. The SMILES string of the molecule is C=CC[N+](CC)(CC)CC.COS(=O)(=O)[O-]. The highest BCUT2D eigenvalue weighted by atomic mass is 32.3. The van der Waals surface area contributed by atoms with Gasteiger partial charge in [0.2, 0.25) is 10.4 Å². The van der Waals surface area contributed by atoms with Crippen LogP contribution in [0.15, 0.2) is 12.7 Å². The first-order valence-corrected chi connectivity index (χ1v) is 6.61. The highest BCUT2D eigenvalue weighted by Gasteiger charge is 2.17. The third-order valence-corrected chi connectivity index (χ3v) is 3.14. The smallest absolute Gasteiger partial charge is 0.217 e. The quantitative estimate of drug-likeness (QED) is 0.308. The standard InChI is InChI=1S/C9H20N.CH4O4S/c1-5-9-10(6-2,7-3)8-4;1-5-6(2,3)4/h5H,1,6-9H2,2-4H3;1H3,(H,2,3,4)/q+1;/p-1. The lowest BCUT2D eigenvalue weighted by Crippen LogP contribution is -2.47. The Morgan fingerprint density at radius 1 is 1.25 bits per heavy atom. The maximum atomic E-state index is 9.22. The van der Waals surface area contributed by atoms with Gasteiger partial charge in [0.05, 0.1) is 33.3 Å². The summed E-state index contributed by atoms with van der Waals surface area (Å²) in [7, 11) is -3.60. The molecule has 0 spiro atoms. The Labute approximate surface area is 99.3 Å². The number of likely N-dealkylation sites (N-methyl/N-ethyl adjacent to an activating group) is 1. The summed E-state index contributed by atoms with van der Waals surface area (Å²) in [5.74, 6) is 0. The molecule has 0 aliphatic heterocycles. The van der Waals surface area contributed by atoms with Crippen molar-refractivity contribution in [1.82, 2.24) is 0 Å². The number of hydrogen-bond donors (Lipinski definition) is 0. The molecule has 0 unspecified atom stereocenters. The lowest BCUT2D eigenvalue weighted by molar-refractivity contribution is -0.917. The predicted molar refractivity (Wildman–Crippen MR) is 63.7 cm³/mol. The van der Waals surface area contributed by atoms with Gasteiger partial charge in [0.25, 0.3) is 0 Å². The monoisotopic (exact) mass is 253 g/mol. The molecule has 0 aromatic carbocycles. The third kappa shape index (κ3) is 8.84. The summed E-state index contributed by atoms with van der Waals surface area (Å²) in [4.78, 5) is 0. The van der Waals surface area contributed by atoms with Crippen molar-refractivity contribution in [2.75, 3.05) is 33.3 Å². The van der Waals surface area contributed by atoms with E-state index in [2.05, 4.69) is 31.5 Å². The highest BCUT2D eigenvalue weighted by molar-refractivity contribution is 7.80. The van der Waals surface area contributed by atoms with Crippen LogP contribution in [0.1, 0.15) is 20.8 Å². The van der Waals surface area contributed by atoms with Crippen molar-refractivity contribution in [3.63, 3.8) is 0 Å². The molecule has 0 saturated heterocycles. The Balaban J connectivity index is 0. The van der Waals surface area contributed by atoms with Gasteiger partial charge in [-0.05, 0) is 26.8 Å². The zero-order valence-electron chi connectivity index (χ0n) is 10.6. The summed E-state index contributed by atoms with van der Waals surface area (Å²) in [6, 6.07) is 0. The van der Waals surface area contributed by atoms with Crippen LogP contribution in [0.4, 0.5) is 0 Å². The molecule has 0 aliphatic carbocycles. The van der Waals surface area contributed by atoms with Gasteiger partial charge < -0.3 is 9.04 Å². The zero-order valence-corrected chi connectivity index (χ0v) is 11.4. The fourth-order valence-electron chi connectivity index (χ4n) is 1.33. The van der Waals surface area contributed by atoms with E-state index in [0.717, 1.165) is 13.7 Å². The zero-order chi connectivity index (χ0) is 13.2. The first-order valence-electron chi connectivity index (χ1n) is 5.28. The lowest BCUT2D eigenvalue weighted by atomic mass is 10.3. The largest absolute Gasteiger partial charge is 0.726 e. The molecule has 0 radical (unpaired) electrons. The second kappa shape index (κ2) is 8.69. The first kappa shape index (κ1) is 17.9. The Morgan fingerprint density at radius 2 is 1.56 bits per heavy atom. The van der Waals surface area contributed by atoms with Gasteiger partial charge in [0.1, 0.15) is 0 Å². The molecule has 0 bridgehead atoms. The Bertz CT molecular complexity index is 262. The van der Waals surface area contributed by atoms with Crippen LogP contribution in [-0.4, -0.2) is 50.7 Å². The molecule has 16 heavy (non-hydrogen) atoms. The summed E-state index contributed by atoms with van der Waals surface area (Å²) in [6.07, 6.45) is 2.02. The average molecular weight is 253 g/mol. The molecule has 5 nitrogen and oxygen atoms in total. The molecular weight excluding hydrogens is 230 g/mol. The van der Waals surface area contributed by atoms with Gasteiger partial charge >= 0.3 is 0 Å². The summed E-state index contributed by atoms with van der Waals surface area (Å²) < 4.78 is 32.2. The lowest BCUT2D eigenvalue weighted by Gasteiger charge is -2.34. The van der Waals surface area contributed by atoms with Crippen molar-refractivity contribution >= 4 is 10.4 Å². The summed E-state index contributed by atoms with van der Waals surface area (Å²) in [5.41, 5.74) is 0. The van der Waals surface area contributed by atoms with Crippen LogP contribution in [-0.2, 0) is 14.6 Å². The van der Waals surface area contributed by atoms with Gasteiger partial charge in [0.15, 0.2) is 0 Å². The van der Waals surface area contributed by atoms with E-state index >= 15 is 0 Å². The van der Waals surface area contributed by atoms with E-state index < -0.39 is 10.4 Å². The molecule has 6 heteroatoms. The van der Waals surface area contributed by atoms with Gasteiger partial charge in [-0.3, -0.25) is 4.18 Å². The molecule has 0 saturated carbocycles. The highest BCUT2D eigenvalue weighted by Crippen LogP contribution is 2.04. The van der Waals surface area contributed by atoms with Crippen molar-refractivity contribution in [1.29, 1.82) is 0 Å². The van der Waals surface area contributed by atoms with Gasteiger partial charge in [-0.15, -0.1) is 0 Å². The molecule has 0 atom stereocenters. The van der Waals surface area contributed by atoms with Crippen LogP contribution in [0.2, 0.25) is 0 Å². The first-order chi connectivity index (χ1) is 7.30. The van der Waals surface area contributed by atoms with Crippen LogP contribution in [0.3, 0.4) is 0 Å². The van der Waals surface area contributed by atoms with Crippen LogP contribution >= 0.6 is 0 Å². The minimum atomic E-state index is -4.41. The fourth-order valence-corrected chi connectivity index (χ4v) is 1.33. The normalized spacial score (nSPS) is 11.6.